The maximum Gasteiger partial charge on any atom is 0.293 e. The van der Waals surface area contributed by atoms with Gasteiger partial charge < -0.3 is 8.94 Å². The van der Waals surface area contributed by atoms with Gasteiger partial charge in [-0.05, 0) is 49.3 Å². The summed E-state index contributed by atoms with van der Waals surface area (Å²) in [4.78, 5) is 24.9. The Labute approximate surface area is 150 Å². The van der Waals surface area contributed by atoms with E-state index in [0.29, 0.717) is 22.8 Å². The molecule has 0 bridgehead atoms. The summed E-state index contributed by atoms with van der Waals surface area (Å²) in [6.45, 7) is 4.18. The van der Waals surface area contributed by atoms with Gasteiger partial charge in [-0.25, -0.2) is 0 Å². The van der Waals surface area contributed by atoms with Gasteiger partial charge in [0.05, 0.1) is 11.1 Å². The number of hydrogen-bond acceptors (Lipinski definition) is 5. The van der Waals surface area contributed by atoms with Crippen molar-refractivity contribution in [1.82, 2.24) is 5.16 Å². The summed E-state index contributed by atoms with van der Waals surface area (Å²) in [5.74, 6) is 0.311. The van der Waals surface area contributed by atoms with Crippen LogP contribution in [0.1, 0.15) is 47.6 Å². The second-order valence-corrected chi connectivity index (χ2v) is 6.90. The minimum absolute atomic E-state index is 0.0410. The molecule has 26 heavy (non-hydrogen) atoms. The number of carbonyl (C=O) groups is 1. The van der Waals surface area contributed by atoms with Crippen LogP contribution in [0.3, 0.4) is 0 Å². The van der Waals surface area contributed by atoms with Gasteiger partial charge in [-0.15, -0.1) is 0 Å². The molecule has 1 N–H and O–H groups in total. The minimum Gasteiger partial charge on any atom is -0.451 e. The van der Waals surface area contributed by atoms with E-state index in [-0.39, 0.29) is 11.2 Å². The zero-order chi connectivity index (χ0) is 18.3. The Morgan fingerprint density at radius 3 is 3.00 bits per heavy atom. The molecule has 1 aliphatic rings. The number of hydrogen-bond donors (Lipinski definition) is 1. The topological polar surface area (TPSA) is 85.3 Å². The van der Waals surface area contributed by atoms with E-state index in [9.17, 15) is 9.59 Å². The molecule has 0 radical (unpaired) electrons. The molecular formula is C20H20N2O4. The van der Waals surface area contributed by atoms with Crippen molar-refractivity contribution in [2.75, 3.05) is 5.32 Å². The quantitative estimate of drug-likeness (QED) is 0.776. The molecule has 1 atom stereocenters. The highest BCUT2D eigenvalue weighted by molar-refractivity contribution is 6.02. The number of rotatable bonds is 3. The first-order valence-electron chi connectivity index (χ1n) is 8.90. The largest absolute Gasteiger partial charge is 0.451 e. The number of nitrogens with zero attached hydrogens (tertiary/aromatic N) is 1. The monoisotopic (exact) mass is 352 g/mol. The molecule has 0 saturated heterocycles. The van der Waals surface area contributed by atoms with Gasteiger partial charge in [-0.3, -0.25) is 14.9 Å². The molecule has 0 aliphatic heterocycles. The Morgan fingerprint density at radius 2 is 2.19 bits per heavy atom. The van der Waals surface area contributed by atoms with Crippen LogP contribution in [-0.2, 0) is 19.3 Å². The maximum atomic E-state index is 12.6. The SMILES string of the molecule is CCc1ccc2oc(C(=O)Nc3onc4c3C[C@@H](C)CC4)cc(=O)c2c1. The summed E-state index contributed by atoms with van der Waals surface area (Å²) in [6, 6.07) is 6.64. The van der Waals surface area contributed by atoms with E-state index in [1.54, 1.807) is 12.1 Å². The van der Waals surface area contributed by atoms with E-state index in [1.807, 2.05) is 13.0 Å². The smallest absolute Gasteiger partial charge is 0.293 e. The van der Waals surface area contributed by atoms with E-state index in [4.69, 9.17) is 8.94 Å². The highest BCUT2D eigenvalue weighted by Crippen LogP contribution is 2.30. The molecule has 6 nitrogen and oxygen atoms in total. The molecule has 134 valence electrons. The molecular weight excluding hydrogens is 332 g/mol. The van der Waals surface area contributed by atoms with Crippen LogP contribution in [0.5, 0.6) is 0 Å². The van der Waals surface area contributed by atoms with Crippen molar-refractivity contribution in [2.24, 2.45) is 5.92 Å². The van der Waals surface area contributed by atoms with Crippen molar-refractivity contribution < 1.29 is 13.7 Å². The first kappa shape index (κ1) is 16.6. The normalized spacial score (nSPS) is 16.5. The molecule has 1 aromatic carbocycles. The fraction of sp³-hybridized carbons (Fsp3) is 0.350. The van der Waals surface area contributed by atoms with E-state index in [0.717, 1.165) is 42.5 Å². The Balaban J connectivity index is 1.65. The molecule has 0 spiro atoms. The lowest BCUT2D eigenvalue weighted by Gasteiger charge is -2.16. The van der Waals surface area contributed by atoms with Gasteiger partial charge in [0.1, 0.15) is 5.58 Å². The molecule has 2 aromatic heterocycles. The van der Waals surface area contributed by atoms with Crippen molar-refractivity contribution in [3.05, 3.63) is 57.1 Å². The zero-order valence-corrected chi connectivity index (χ0v) is 14.8. The molecule has 1 aliphatic carbocycles. The summed E-state index contributed by atoms with van der Waals surface area (Å²) < 4.78 is 10.9. The number of fused-ring (bicyclic) bond motifs is 2. The lowest BCUT2D eigenvalue weighted by atomic mass is 9.89. The highest BCUT2D eigenvalue weighted by atomic mass is 16.5. The zero-order valence-electron chi connectivity index (χ0n) is 14.8. The Hall–Kier alpha value is -2.89. The lowest BCUT2D eigenvalue weighted by molar-refractivity contribution is 0.0994. The summed E-state index contributed by atoms with van der Waals surface area (Å²) >= 11 is 0. The third kappa shape index (κ3) is 2.92. The molecule has 0 fully saturated rings. The van der Waals surface area contributed by atoms with Crippen LogP contribution < -0.4 is 10.7 Å². The third-order valence-corrected chi connectivity index (χ3v) is 4.95. The van der Waals surface area contributed by atoms with Crippen LogP contribution in [0.25, 0.3) is 11.0 Å². The van der Waals surface area contributed by atoms with E-state index in [1.165, 1.54) is 6.07 Å². The van der Waals surface area contributed by atoms with Crippen molar-refractivity contribution in [3.63, 3.8) is 0 Å². The van der Waals surface area contributed by atoms with Crippen molar-refractivity contribution >= 4 is 22.8 Å². The van der Waals surface area contributed by atoms with Crippen molar-refractivity contribution in [3.8, 4) is 0 Å². The molecule has 0 saturated carbocycles. The van der Waals surface area contributed by atoms with Crippen molar-refractivity contribution in [1.29, 1.82) is 0 Å². The van der Waals surface area contributed by atoms with Gasteiger partial charge in [-0.1, -0.05) is 25.1 Å². The van der Waals surface area contributed by atoms with E-state index < -0.39 is 5.91 Å². The van der Waals surface area contributed by atoms with Gasteiger partial charge >= 0.3 is 0 Å². The Kier molecular flexibility index (Phi) is 4.11. The van der Waals surface area contributed by atoms with Crippen LogP contribution in [0, 0.1) is 5.92 Å². The van der Waals surface area contributed by atoms with Crippen LogP contribution in [-0.4, -0.2) is 11.1 Å². The summed E-state index contributed by atoms with van der Waals surface area (Å²) in [5.41, 5.74) is 3.04. The molecule has 4 rings (SSSR count). The first-order chi connectivity index (χ1) is 12.5. The fourth-order valence-corrected chi connectivity index (χ4v) is 3.38. The van der Waals surface area contributed by atoms with Crippen LogP contribution in [0.15, 0.2) is 38.0 Å². The van der Waals surface area contributed by atoms with E-state index >= 15 is 0 Å². The predicted molar refractivity (Wildman–Crippen MR) is 97.5 cm³/mol. The Bertz CT molecular complexity index is 1050. The number of carbonyl (C=O) groups excluding carboxylic acids is 1. The second-order valence-electron chi connectivity index (χ2n) is 6.90. The lowest BCUT2D eigenvalue weighted by Crippen LogP contribution is -2.17. The second kappa shape index (κ2) is 6.44. The predicted octanol–water partition coefficient (Wildman–Crippen LogP) is 3.72. The molecule has 1 amide bonds. The molecule has 3 aromatic rings. The van der Waals surface area contributed by atoms with Gasteiger partial charge in [0.15, 0.2) is 11.2 Å². The third-order valence-electron chi connectivity index (χ3n) is 4.95. The number of benzene rings is 1. The summed E-state index contributed by atoms with van der Waals surface area (Å²) in [7, 11) is 0. The van der Waals surface area contributed by atoms with Gasteiger partial charge in [-0.2, -0.15) is 0 Å². The Morgan fingerprint density at radius 1 is 1.35 bits per heavy atom. The number of aryl methyl sites for hydroxylation is 2. The van der Waals surface area contributed by atoms with Gasteiger partial charge in [0, 0.05) is 11.6 Å². The first-order valence-corrected chi connectivity index (χ1v) is 8.90. The van der Waals surface area contributed by atoms with E-state index in [2.05, 4.69) is 17.4 Å². The average molecular weight is 352 g/mol. The number of anilines is 1. The van der Waals surface area contributed by atoms with Crippen molar-refractivity contribution in [2.45, 2.75) is 39.5 Å². The van der Waals surface area contributed by atoms with Crippen LogP contribution in [0.4, 0.5) is 5.88 Å². The highest BCUT2D eigenvalue weighted by Gasteiger charge is 2.25. The maximum absolute atomic E-state index is 12.6. The van der Waals surface area contributed by atoms with Gasteiger partial charge in [0.25, 0.3) is 5.91 Å². The minimum atomic E-state index is -0.513. The van der Waals surface area contributed by atoms with Crippen LogP contribution >= 0.6 is 0 Å². The number of nitrogens with one attached hydrogen (secondary N) is 1. The summed E-state index contributed by atoms with van der Waals surface area (Å²) in [6.07, 6.45) is 3.55. The van der Waals surface area contributed by atoms with Crippen LogP contribution in [0.2, 0.25) is 0 Å². The summed E-state index contributed by atoms with van der Waals surface area (Å²) in [5, 5.41) is 7.22. The van der Waals surface area contributed by atoms with Gasteiger partial charge in [0.2, 0.25) is 5.88 Å². The fourth-order valence-electron chi connectivity index (χ4n) is 3.38. The molecule has 2 heterocycles. The molecule has 6 heteroatoms. The molecule has 0 unspecified atom stereocenters. The average Bonchev–Trinajstić information content (AvgIpc) is 3.03. The number of amides is 1. The number of aromatic nitrogens is 1. The standard InChI is InChI=1S/C20H20N2O4/c1-3-12-5-7-17-14(9-12)16(23)10-18(25-17)19(24)21-20-13-8-11(2)4-6-15(13)22-26-20/h5,7,9-11H,3-4,6,8H2,1-2H3,(H,21,24)/t11-/m0/s1.